The Morgan fingerprint density at radius 2 is 1.59 bits per heavy atom. The minimum atomic E-state index is -4.69. The van der Waals surface area contributed by atoms with E-state index in [1.165, 1.54) is 6.07 Å². The van der Waals surface area contributed by atoms with Crippen molar-refractivity contribution in [2.75, 3.05) is 26.2 Å². The Kier molecular flexibility index (Phi) is 6.48. The fraction of sp³-hybridized carbons (Fsp3) is 0.207. The lowest BCUT2D eigenvalue weighted by Gasteiger charge is -2.34. The predicted octanol–water partition coefficient (Wildman–Crippen LogP) is 6.18. The van der Waals surface area contributed by atoms with Gasteiger partial charge in [0, 0.05) is 49.4 Å². The van der Waals surface area contributed by atoms with Crippen molar-refractivity contribution in [2.24, 2.45) is 0 Å². The van der Waals surface area contributed by atoms with Crippen LogP contribution < -0.4 is 0 Å². The van der Waals surface area contributed by atoms with Gasteiger partial charge in [0.15, 0.2) is 17.0 Å². The number of piperazine rings is 1. The van der Waals surface area contributed by atoms with E-state index in [1.54, 1.807) is 17.0 Å². The Labute approximate surface area is 227 Å². The van der Waals surface area contributed by atoms with Gasteiger partial charge in [-0.15, -0.1) is 0 Å². The van der Waals surface area contributed by atoms with E-state index < -0.39 is 17.8 Å². The molecule has 6 nitrogen and oxygen atoms in total. The summed E-state index contributed by atoms with van der Waals surface area (Å²) in [4.78, 5) is 21.5. The molecular weight excluding hydrogens is 527 g/mol. The Morgan fingerprint density at radius 1 is 0.872 bits per heavy atom. The van der Waals surface area contributed by atoms with Gasteiger partial charge < -0.3 is 4.90 Å². The second kappa shape index (κ2) is 9.98. The number of aromatic nitrogens is 3. The van der Waals surface area contributed by atoms with Gasteiger partial charge in [0.1, 0.15) is 0 Å². The average Bonchev–Trinajstić information content (AvgIpc) is 3.37. The van der Waals surface area contributed by atoms with Crippen LogP contribution >= 0.6 is 11.6 Å². The maximum Gasteiger partial charge on any atom is 0.433 e. The summed E-state index contributed by atoms with van der Waals surface area (Å²) in [7, 11) is 0. The number of nitrogens with zero attached hydrogens (tertiary/aromatic N) is 5. The van der Waals surface area contributed by atoms with Crippen molar-refractivity contribution in [1.82, 2.24) is 24.4 Å². The third-order valence-corrected chi connectivity index (χ3v) is 7.21. The van der Waals surface area contributed by atoms with Crippen molar-refractivity contribution < 1.29 is 18.0 Å². The van der Waals surface area contributed by atoms with Gasteiger partial charge in [-0.1, -0.05) is 60.1 Å². The summed E-state index contributed by atoms with van der Waals surface area (Å²) in [5, 5.41) is 6.60. The Balaban J connectivity index is 1.26. The summed E-state index contributed by atoms with van der Waals surface area (Å²) in [6.45, 7) is 2.90. The topological polar surface area (TPSA) is 53.7 Å². The van der Waals surface area contributed by atoms with Crippen LogP contribution in [0.4, 0.5) is 13.2 Å². The molecule has 0 atom stereocenters. The molecule has 10 heteroatoms. The number of fused-ring (bicyclic) bond motifs is 2. The number of hydrogen-bond donors (Lipinski definition) is 0. The number of carbonyl (C=O) groups excluding carboxylic acids is 1. The molecule has 0 radical (unpaired) electrons. The van der Waals surface area contributed by atoms with Gasteiger partial charge in [-0.05, 0) is 40.6 Å². The van der Waals surface area contributed by atoms with Gasteiger partial charge in [-0.2, -0.15) is 18.3 Å². The van der Waals surface area contributed by atoms with E-state index in [2.05, 4.69) is 15.0 Å². The number of hydrogen-bond acceptors (Lipinski definition) is 4. The molecule has 0 spiro atoms. The van der Waals surface area contributed by atoms with E-state index in [0.29, 0.717) is 41.3 Å². The van der Waals surface area contributed by atoms with Crippen molar-refractivity contribution in [2.45, 2.75) is 12.7 Å². The molecule has 2 aromatic heterocycles. The normalized spacial score (nSPS) is 14.8. The lowest BCUT2D eigenvalue weighted by molar-refractivity contribution is -0.142. The maximum atomic E-state index is 14.1. The Hall–Kier alpha value is -3.95. The third-order valence-electron chi connectivity index (χ3n) is 6.96. The van der Waals surface area contributed by atoms with E-state index in [9.17, 15) is 18.0 Å². The number of halogens is 4. The molecule has 1 fully saturated rings. The monoisotopic (exact) mass is 549 g/mol. The van der Waals surface area contributed by atoms with Crippen LogP contribution in [0.15, 0.2) is 78.9 Å². The zero-order valence-electron chi connectivity index (χ0n) is 20.7. The molecule has 6 rings (SSSR count). The van der Waals surface area contributed by atoms with Crippen LogP contribution in [0.5, 0.6) is 0 Å². The van der Waals surface area contributed by atoms with Crippen LogP contribution in [0.25, 0.3) is 27.7 Å². The zero-order chi connectivity index (χ0) is 27.1. The number of amides is 1. The first-order valence-electron chi connectivity index (χ1n) is 12.5. The summed E-state index contributed by atoms with van der Waals surface area (Å²) in [6, 6.07) is 22.9. The predicted molar refractivity (Wildman–Crippen MR) is 144 cm³/mol. The second-order valence-corrected chi connectivity index (χ2v) is 10.0. The first kappa shape index (κ1) is 25.3. The highest BCUT2D eigenvalue weighted by Gasteiger charge is 2.36. The Bertz CT molecular complexity index is 1670. The molecule has 3 heterocycles. The molecule has 39 heavy (non-hydrogen) atoms. The van der Waals surface area contributed by atoms with Crippen molar-refractivity contribution in [3.05, 3.63) is 101 Å². The molecule has 1 aliphatic rings. The molecule has 1 saturated heterocycles. The quantitative estimate of drug-likeness (QED) is 0.269. The maximum absolute atomic E-state index is 14.1. The first-order valence-corrected chi connectivity index (χ1v) is 12.9. The van der Waals surface area contributed by atoms with Crippen molar-refractivity contribution in [1.29, 1.82) is 0 Å². The van der Waals surface area contributed by atoms with E-state index >= 15 is 0 Å². The highest BCUT2D eigenvalue weighted by atomic mass is 35.5. The summed E-state index contributed by atoms with van der Waals surface area (Å²) >= 11 is 5.96. The molecule has 0 bridgehead atoms. The number of alkyl halides is 3. The zero-order valence-corrected chi connectivity index (χ0v) is 21.5. The summed E-state index contributed by atoms with van der Waals surface area (Å²) in [6.07, 6.45) is -4.69. The van der Waals surface area contributed by atoms with Crippen LogP contribution in [0, 0.1) is 0 Å². The van der Waals surface area contributed by atoms with E-state index in [0.717, 1.165) is 28.9 Å². The van der Waals surface area contributed by atoms with Gasteiger partial charge in [0.25, 0.3) is 5.91 Å². The largest absolute Gasteiger partial charge is 0.433 e. The van der Waals surface area contributed by atoms with Gasteiger partial charge in [-0.25, -0.2) is 9.50 Å². The number of carbonyl (C=O) groups is 1. The molecule has 0 saturated carbocycles. The minimum Gasteiger partial charge on any atom is -0.335 e. The van der Waals surface area contributed by atoms with Crippen LogP contribution in [-0.4, -0.2) is 56.5 Å². The van der Waals surface area contributed by atoms with Gasteiger partial charge >= 0.3 is 6.18 Å². The number of benzene rings is 3. The molecule has 1 aliphatic heterocycles. The highest BCUT2D eigenvalue weighted by Crippen LogP contribution is 2.33. The van der Waals surface area contributed by atoms with Crippen LogP contribution in [0.2, 0.25) is 5.02 Å². The lowest BCUT2D eigenvalue weighted by Crippen LogP contribution is -2.48. The smallest absolute Gasteiger partial charge is 0.335 e. The van der Waals surface area contributed by atoms with E-state index in [1.807, 2.05) is 54.6 Å². The fourth-order valence-electron chi connectivity index (χ4n) is 4.90. The average molecular weight is 550 g/mol. The SMILES string of the molecule is O=C(c1cc2nc(-c3ccc4ccccc4c3)cc(C(F)(F)F)n2n1)N1CCN(Cc2ccc(Cl)cc2)CC1. The molecule has 0 N–H and O–H groups in total. The molecule has 198 valence electrons. The molecule has 1 amide bonds. The second-order valence-electron chi connectivity index (χ2n) is 9.58. The molecule has 5 aromatic rings. The van der Waals surface area contributed by atoms with Crippen LogP contribution in [0.3, 0.4) is 0 Å². The van der Waals surface area contributed by atoms with Crippen molar-refractivity contribution in [3.63, 3.8) is 0 Å². The van der Waals surface area contributed by atoms with Crippen molar-refractivity contribution in [3.8, 4) is 11.3 Å². The van der Waals surface area contributed by atoms with Gasteiger partial charge in [0.05, 0.1) is 5.69 Å². The highest BCUT2D eigenvalue weighted by molar-refractivity contribution is 6.30. The fourth-order valence-corrected chi connectivity index (χ4v) is 5.02. The van der Waals surface area contributed by atoms with E-state index in [-0.39, 0.29) is 17.0 Å². The standard InChI is InChI=1S/C29H23ClF3N5O/c30-23-9-5-19(6-10-23)18-36-11-13-37(14-12-36)28(39)25-17-27-34-24(16-26(29(31,32)33)38(27)35-25)22-8-7-20-3-1-2-4-21(20)15-22/h1-10,15-17H,11-14,18H2. The van der Waals surface area contributed by atoms with Gasteiger partial charge in [-0.3, -0.25) is 9.69 Å². The van der Waals surface area contributed by atoms with E-state index in [4.69, 9.17) is 11.6 Å². The molecular formula is C29H23ClF3N5O. The van der Waals surface area contributed by atoms with Crippen molar-refractivity contribution >= 4 is 33.9 Å². The van der Waals surface area contributed by atoms with Crippen LogP contribution in [0.1, 0.15) is 21.7 Å². The number of rotatable bonds is 4. The summed E-state index contributed by atoms with van der Waals surface area (Å²) < 4.78 is 43.0. The molecule has 0 aliphatic carbocycles. The lowest BCUT2D eigenvalue weighted by atomic mass is 10.0. The summed E-state index contributed by atoms with van der Waals surface area (Å²) in [5.41, 5.74) is 0.755. The summed E-state index contributed by atoms with van der Waals surface area (Å²) in [5.74, 6) is -0.410. The minimum absolute atomic E-state index is 0.0299. The molecule has 3 aromatic carbocycles. The first-order chi connectivity index (χ1) is 18.7. The molecule has 0 unspecified atom stereocenters. The van der Waals surface area contributed by atoms with Gasteiger partial charge in [0.2, 0.25) is 0 Å². The third kappa shape index (κ3) is 5.20. The van der Waals surface area contributed by atoms with Crippen LogP contribution in [-0.2, 0) is 12.7 Å². The Morgan fingerprint density at radius 3 is 2.31 bits per heavy atom.